The molecule has 1 aliphatic rings. The first-order chi connectivity index (χ1) is 10.8. The quantitative estimate of drug-likeness (QED) is 0.841. The Morgan fingerprint density at radius 2 is 2.22 bits per heavy atom. The Kier molecular flexibility index (Phi) is 4.14. The fraction of sp³-hybridized carbons (Fsp3) is 0.562. The molecule has 1 aliphatic heterocycles. The average Bonchev–Trinajstić information content (AvgIpc) is 2.99. The molecule has 0 aromatic carbocycles. The molecule has 3 rings (SSSR count). The second-order valence-electron chi connectivity index (χ2n) is 6.76. The van der Waals surface area contributed by atoms with E-state index in [1.807, 2.05) is 39.8 Å². The highest BCUT2D eigenvalue weighted by Crippen LogP contribution is 2.30. The van der Waals surface area contributed by atoms with Crippen LogP contribution in [0.5, 0.6) is 5.19 Å². The summed E-state index contributed by atoms with van der Waals surface area (Å²) in [5.41, 5.74) is 0.205. The highest BCUT2D eigenvalue weighted by atomic mass is 32.1. The molecular formula is C16H21N3O3S. The Morgan fingerprint density at radius 1 is 1.43 bits per heavy atom. The molecule has 7 heteroatoms. The van der Waals surface area contributed by atoms with Crippen molar-refractivity contribution in [2.75, 3.05) is 6.54 Å². The van der Waals surface area contributed by atoms with Crippen LogP contribution in [0, 0.1) is 0 Å². The number of carbonyl (C=O) groups is 1. The summed E-state index contributed by atoms with van der Waals surface area (Å²) in [4.78, 5) is 22.5. The summed E-state index contributed by atoms with van der Waals surface area (Å²) in [6.45, 7) is 8.13. The van der Waals surface area contributed by atoms with Gasteiger partial charge in [0, 0.05) is 18.7 Å². The SMILES string of the molecule is C[C@H]1C[C@@H](Oc2nc3ncccc3s2)CN1C(=O)OC(C)(C)C. The molecule has 124 valence electrons. The number of carbonyl (C=O) groups excluding carboxylic acids is 1. The average molecular weight is 335 g/mol. The Balaban J connectivity index is 1.65. The van der Waals surface area contributed by atoms with Crippen LogP contribution >= 0.6 is 11.3 Å². The van der Waals surface area contributed by atoms with Gasteiger partial charge >= 0.3 is 6.09 Å². The molecule has 2 aromatic rings. The molecule has 3 heterocycles. The number of likely N-dealkylation sites (tertiary alicyclic amines) is 1. The van der Waals surface area contributed by atoms with Gasteiger partial charge in [-0.25, -0.2) is 9.78 Å². The Labute approximate surface area is 139 Å². The number of aromatic nitrogens is 2. The van der Waals surface area contributed by atoms with Crippen LogP contribution in [-0.2, 0) is 4.74 Å². The summed E-state index contributed by atoms with van der Waals surface area (Å²) in [6, 6.07) is 3.94. The maximum Gasteiger partial charge on any atom is 0.410 e. The lowest BCUT2D eigenvalue weighted by atomic mass is 10.2. The number of rotatable bonds is 2. The lowest BCUT2D eigenvalue weighted by Gasteiger charge is -2.26. The molecule has 1 saturated heterocycles. The van der Waals surface area contributed by atoms with Crippen LogP contribution < -0.4 is 4.74 Å². The first kappa shape index (κ1) is 16.0. The van der Waals surface area contributed by atoms with Gasteiger partial charge in [-0.05, 0) is 39.8 Å². The van der Waals surface area contributed by atoms with Crippen molar-refractivity contribution < 1.29 is 14.3 Å². The molecule has 23 heavy (non-hydrogen) atoms. The van der Waals surface area contributed by atoms with Crippen LogP contribution in [0.2, 0.25) is 0 Å². The van der Waals surface area contributed by atoms with Crippen molar-refractivity contribution in [3.05, 3.63) is 18.3 Å². The molecular weight excluding hydrogens is 314 g/mol. The van der Waals surface area contributed by atoms with Gasteiger partial charge in [0.15, 0.2) is 5.65 Å². The van der Waals surface area contributed by atoms with Gasteiger partial charge in [0.05, 0.1) is 11.2 Å². The molecule has 0 spiro atoms. The number of nitrogens with zero attached hydrogens (tertiary/aromatic N) is 3. The summed E-state index contributed by atoms with van der Waals surface area (Å²) >= 11 is 1.47. The molecule has 2 aromatic heterocycles. The zero-order valence-corrected chi connectivity index (χ0v) is 14.6. The van der Waals surface area contributed by atoms with E-state index in [0.717, 1.165) is 11.1 Å². The van der Waals surface area contributed by atoms with Gasteiger partial charge in [0.1, 0.15) is 11.7 Å². The highest BCUT2D eigenvalue weighted by molar-refractivity contribution is 7.20. The smallest absolute Gasteiger partial charge is 0.410 e. The Hall–Kier alpha value is -1.89. The number of thiazole rings is 1. The van der Waals surface area contributed by atoms with E-state index in [2.05, 4.69) is 9.97 Å². The highest BCUT2D eigenvalue weighted by Gasteiger charge is 2.36. The van der Waals surface area contributed by atoms with Gasteiger partial charge in [-0.2, -0.15) is 4.98 Å². The van der Waals surface area contributed by atoms with Crippen LogP contribution in [0.4, 0.5) is 4.79 Å². The molecule has 0 aliphatic carbocycles. The molecule has 2 atom stereocenters. The van der Waals surface area contributed by atoms with Crippen molar-refractivity contribution in [2.24, 2.45) is 0 Å². The Bertz CT molecular complexity index is 677. The summed E-state index contributed by atoms with van der Waals surface area (Å²) in [7, 11) is 0. The van der Waals surface area contributed by atoms with Crippen LogP contribution in [0.15, 0.2) is 18.3 Å². The Morgan fingerprint density at radius 3 is 2.91 bits per heavy atom. The topological polar surface area (TPSA) is 64.6 Å². The number of pyridine rings is 1. The van der Waals surface area contributed by atoms with E-state index in [1.54, 1.807) is 11.1 Å². The van der Waals surface area contributed by atoms with E-state index in [1.165, 1.54) is 11.3 Å². The lowest BCUT2D eigenvalue weighted by Crippen LogP contribution is -2.39. The molecule has 6 nitrogen and oxygen atoms in total. The van der Waals surface area contributed by atoms with Crippen LogP contribution in [0.1, 0.15) is 34.1 Å². The molecule has 0 bridgehead atoms. The molecule has 1 fully saturated rings. The van der Waals surface area contributed by atoms with Crippen LogP contribution in [0.25, 0.3) is 10.3 Å². The standard InChI is InChI=1S/C16H21N3O3S/c1-10-8-11(9-19(10)15(20)22-16(2,3)4)21-14-18-13-12(23-14)6-5-7-17-13/h5-7,10-11H,8-9H2,1-4H3/t10-,11+/m0/s1. The fourth-order valence-corrected chi connectivity index (χ4v) is 3.42. The van der Waals surface area contributed by atoms with Crippen LogP contribution in [-0.4, -0.2) is 45.3 Å². The maximum absolute atomic E-state index is 12.2. The second-order valence-corrected chi connectivity index (χ2v) is 7.76. The molecule has 0 saturated carbocycles. The third kappa shape index (κ3) is 3.72. The van der Waals surface area contributed by atoms with Gasteiger partial charge in [-0.3, -0.25) is 0 Å². The number of hydrogen-bond donors (Lipinski definition) is 0. The fourth-order valence-electron chi connectivity index (χ4n) is 2.58. The van der Waals surface area contributed by atoms with E-state index >= 15 is 0 Å². The minimum absolute atomic E-state index is 0.0712. The maximum atomic E-state index is 12.2. The van der Waals surface area contributed by atoms with Gasteiger partial charge in [0.2, 0.25) is 0 Å². The molecule has 0 N–H and O–H groups in total. The van der Waals surface area contributed by atoms with E-state index in [-0.39, 0.29) is 18.2 Å². The largest absolute Gasteiger partial charge is 0.465 e. The van der Waals surface area contributed by atoms with Crippen molar-refractivity contribution in [3.63, 3.8) is 0 Å². The first-order valence-corrected chi connectivity index (χ1v) is 8.51. The number of amides is 1. The van der Waals surface area contributed by atoms with Gasteiger partial charge in [-0.1, -0.05) is 11.3 Å². The number of hydrogen-bond acceptors (Lipinski definition) is 6. The number of fused-ring (bicyclic) bond motifs is 1. The summed E-state index contributed by atoms with van der Waals surface area (Å²) in [5, 5.41) is 0.599. The summed E-state index contributed by atoms with van der Waals surface area (Å²) in [5.74, 6) is 0. The molecule has 1 amide bonds. The van der Waals surface area contributed by atoms with Crippen molar-refractivity contribution >= 4 is 27.8 Å². The van der Waals surface area contributed by atoms with E-state index in [9.17, 15) is 4.79 Å². The van der Waals surface area contributed by atoms with Crippen molar-refractivity contribution in [1.29, 1.82) is 0 Å². The van der Waals surface area contributed by atoms with Crippen LogP contribution in [0.3, 0.4) is 0 Å². The summed E-state index contributed by atoms with van der Waals surface area (Å²) in [6.07, 6.45) is 2.12. The van der Waals surface area contributed by atoms with Gasteiger partial charge in [-0.15, -0.1) is 0 Å². The lowest BCUT2D eigenvalue weighted by molar-refractivity contribution is 0.0224. The van der Waals surface area contributed by atoms with E-state index in [0.29, 0.717) is 17.4 Å². The van der Waals surface area contributed by atoms with Gasteiger partial charge < -0.3 is 14.4 Å². The van der Waals surface area contributed by atoms with Gasteiger partial charge in [0.25, 0.3) is 5.19 Å². The van der Waals surface area contributed by atoms with Crippen molar-refractivity contribution in [3.8, 4) is 5.19 Å². The second kappa shape index (κ2) is 5.96. The monoisotopic (exact) mass is 335 g/mol. The predicted molar refractivity (Wildman–Crippen MR) is 88.9 cm³/mol. The third-order valence-corrected chi connectivity index (χ3v) is 4.48. The minimum Gasteiger partial charge on any atom is -0.465 e. The first-order valence-electron chi connectivity index (χ1n) is 7.69. The van der Waals surface area contributed by atoms with E-state index in [4.69, 9.17) is 9.47 Å². The number of ether oxygens (including phenoxy) is 2. The van der Waals surface area contributed by atoms with Crippen molar-refractivity contribution in [1.82, 2.24) is 14.9 Å². The third-order valence-electron chi connectivity index (χ3n) is 3.58. The summed E-state index contributed by atoms with van der Waals surface area (Å²) < 4.78 is 12.4. The minimum atomic E-state index is -0.492. The molecule has 0 radical (unpaired) electrons. The normalized spacial score (nSPS) is 21.7. The molecule has 0 unspecified atom stereocenters. The van der Waals surface area contributed by atoms with Crippen molar-refractivity contribution in [2.45, 2.75) is 51.9 Å². The zero-order valence-electron chi connectivity index (χ0n) is 13.8. The van der Waals surface area contributed by atoms with E-state index < -0.39 is 5.60 Å². The zero-order chi connectivity index (χ0) is 16.6. The predicted octanol–water partition coefficient (Wildman–Crippen LogP) is 3.47.